The lowest BCUT2D eigenvalue weighted by Crippen LogP contribution is -2.40. The third-order valence-electron chi connectivity index (χ3n) is 1.97. The van der Waals surface area contributed by atoms with Crippen LogP contribution in [-0.2, 0) is 0 Å². The minimum atomic E-state index is -2.59. The molecule has 0 saturated carbocycles. The number of hydrazine groups is 2. The predicted molar refractivity (Wildman–Crippen MR) is 56.2 cm³/mol. The lowest BCUT2D eigenvalue weighted by Gasteiger charge is -2.19. The molecule has 0 bridgehead atoms. The smallest absolute Gasteiger partial charge is 0.309 e. The highest BCUT2D eigenvalue weighted by atomic mass is 79.9. The Hall–Kier alpha value is -1.14. The number of nitrogens with one attached hydrogen (secondary N) is 2. The van der Waals surface area contributed by atoms with E-state index in [1.807, 2.05) is 6.07 Å². The Balaban J connectivity index is 2.31. The van der Waals surface area contributed by atoms with Gasteiger partial charge in [0.15, 0.2) is 0 Å². The number of nitrogens with zero attached hydrogens (tertiary/aromatic N) is 1. The Kier molecular flexibility index (Phi) is 2.88. The summed E-state index contributed by atoms with van der Waals surface area (Å²) in [6, 6.07) is 7.17. The second-order valence-corrected chi connectivity index (χ2v) is 3.86. The molecule has 15 heavy (non-hydrogen) atoms. The lowest BCUT2D eigenvalue weighted by atomic mass is 10.2. The van der Waals surface area contributed by atoms with Crippen LogP contribution in [0.4, 0.5) is 8.78 Å². The van der Waals surface area contributed by atoms with Crippen molar-refractivity contribution in [3.8, 4) is 0 Å². The number of hydrogen-bond acceptors (Lipinski definition) is 3. The quantitative estimate of drug-likeness (QED) is 0.812. The van der Waals surface area contributed by atoms with Crippen LogP contribution in [0.5, 0.6) is 0 Å². The third-order valence-corrected chi connectivity index (χ3v) is 2.46. The largest absolute Gasteiger partial charge is 0.329 e. The number of alkyl halides is 2. The van der Waals surface area contributed by atoms with Crippen LogP contribution in [-0.4, -0.2) is 11.6 Å². The summed E-state index contributed by atoms with van der Waals surface area (Å²) in [6.45, 7) is -2.59. The molecule has 0 unspecified atom stereocenters. The van der Waals surface area contributed by atoms with Crippen molar-refractivity contribution in [2.75, 3.05) is 0 Å². The summed E-state index contributed by atoms with van der Waals surface area (Å²) < 4.78 is 25.9. The van der Waals surface area contributed by atoms with Crippen molar-refractivity contribution < 1.29 is 8.78 Å². The fourth-order valence-corrected chi connectivity index (χ4v) is 1.72. The van der Waals surface area contributed by atoms with Crippen LogP contribution in [0.25, 0.3) is 5.70 Å². The first-order chi connectivity index (χ1) is 7.18. The van der Waals surface area contributed by atoms with Gasteiger partial charge in [-0.15, -0.1) is 5.53 Å². The maximum absolute atomic E-state index is 12.5. The first kappa shape index (κ1) is 10.4. The molecule has 0 radical (unpaired) electrons. The molecule has 3 nitrogen and oxygen atoms in total. The minimum absolute atomic E-state index is 0.409. The van der Waals surface area contributed by atoms with Crippen LogP contribution in [0.2, 0.25) is 0 Å². The first-order valence-electron chi connectivity index (χ1n) is 4.23. The van der Waals surface area contributed by atoms with Crippen LogP contribution < -0.4 is 11.0 Å². The van der Waals surface area contributed by atoms with Crippen molar-refractivity contribution in [3.63, 3.8) is 0 Å². The summed E-state index contributed by atoms with van der Waals surface area (Å²) >= 11 is 3.29. The predicted octanol–water partition coefficient (Wildman–Crippen LogP) is 2.29. The number of benzene rings is 1. The van der Waals surface area contributed by atoms with E-state index in [4.69, 9.17) is 0 Å². The molecule has 0 saturated heterocycles. The van der Waals surface area contributed by atoms with Crippen LogP contribution in [0.15, 0.2) is 34.9 Å². The SMILES string of the molecule is FC(F)N1NNC=C1c1cccc(Br)c1. The van der Waals surface area contributed by atoms with Gasteiger partial charge in [-0.2, -0.15) is 8.78 Å². The molecule has 0 fully saturated rings. The van der Waals surface area contributed by atoms with Crippen LogP contribution >= 0.6 is 15.9 Å². The molecular weight excluding hydrogens is 268 g/mol. The van der Waals surface area contributed by atoms with Crippen molar-refractivity contribution in [2.45, 2.75) is 6.55 Å². The molecular formula is C9H8BrF2N3. The Morgan fingerprint density at radius 3 is 2.80 bits per heavy atom. The topological polar surface area (TPSA) is 27.3 Å². The fraction of sp³-hybridized carbons (Fsp3) is 0.111. The molecule has 1 aliphatic heterocycles. The van der Waals surface area contributed by atoms with Gasteiger partial charge in [0.05, 0.1) is 5.70 Å². The van der Waals surface area contributed by atoms with Gasteiger partial charge in [0.1, 0.15) is 0 Å². The van der Waals surface area contributed by atoms with Gasteiger partial charge in [-0.3, -0.25) is 0 Å². The molecule has 6 heteroatoms. The number of halogens is 3. The van der Waals surface area contributed by atoms with E-state index in [1.165, 1.54) is 6.20 Å². The van der Waals surface area contributed by atoms with Gasteiger partial charge >= 0.3 is 6.55 Å². The molecule has 0 amide bonds. The minimum Gasteiger partial charge on any atom is -0.309 e. The van der Waals surface area contributed by atoms with Crippen molar-refractivity contribution in [2.24, 2.45) is 0 Å². The van der Waals surface area contributed by atoms with Gasteiger partial charge in [0.25, 0.3) is 0 Å². The van der Waals surface area contributed by atoms with Gasteiger partial charge in [0, 0.05) is 16.2 Å². The Morgan fingerprint density at radius 2 is 2.13 bits per heavy atom. The molecule has 0 spiro atoms. The van der Waals surface area contributed by atoms with Gasteiger partial charge < -0.3 is 5.43 Å². The Labute approximate surface area is 93.8 Å². The van der Waals surface area contributed by atoms with Crippen LogP contribution in [0, 0.1) is 0 Å². The molecule has 1 heterocycles. The van der Waals surface area contributed by atoms with Gasteiger partial charge in [0.2, 0.25) is 0 Å². The molecule has 1 aromatic rings. The third kappa shape index (κ3) is 2.10. The summed E-state index contributed by atoms with van der Waals surface area (Å²) in [6.07, 6.45) is 1.49. The van der Waals surface area contributed by atoms with Crippen molar-refractivity contribution in [1.29, 1.82) is 0 Å². The highest BCUT2D eigenvalue weighted by molar-refractivity contribution is 9.10. The van der Waals surface area contributed by atoms with E-state index in [9.17, 15) is 8.78 Å². The van der Waals surface area contributed by atoms with E-state index in [1.54, 1.807) is 18.2 Å². The highest BCUT2D eigenvalue weighted by Gasteiger charge is 2.24. The standard InChI is InChI=1S/C9H8BrF2N3/c10-7-3-1-2-6(4-7)8-5-13-14-15(8)9(11)12/h1-5,9,13-14H. The Morgan fingerprint density at radius 1 is 1.33 bits per heavy atom. The monoisotopic (exact) mass is 275 g/mol. The van der Waals surface area contributed by atoms with E-state index < -0.39 is 6.55 Å². The lowest BCUT2D eigenvalue weighted by molar-refractivity contribution is -0.0168. The normalized spacial score (nSPS) is 15.5. The average molecular weight is 276 g/mol. The second kappa shape index (κ2) is 4.16. The van der Waals surface area contributed by atoms with Crippen molar-refractivity contribution in [3.05, 3.63) is 40.5 Å². The summed E-state index contributed by atoms with van der Waals surface area (Å²) in [5, 5.41) is 0.766. The molecule has 2 rings (SSSR count). The molecule has 0 aromatic heterocycles. The zero-order valence-electron chi connectivity index (χ0n) is 7.55. The van der Waals surface area contributed by atoms with E-state index in [-0.39, 0.29) is 0 Å². The maximum atomic E-state index is 12.5. The van der Waals surface area contributed by atoms with E-state index in [2.05, 4.69) is 26.9 Å². The van der Waals surface area contributed by atoms with Gasteiger partial charge in [-0.1, -0.05) is 28.1 Å². The fourth-order valence-electron chi connectivity index (χ4n) is 1.32. The highest BCUT2D eigenvalue weighted by Crippen LogP contribution is 2.24. The first-order valence-corrected chi connectivity index (χ1v) is 5.02. The average Bonchev–Trinajstić information content (AvgIpc) is 2.65. The second-order valence-electron chi connectivity index (χ2n) is 2.94. The summed E-state index contributed by atoms with van der Waals surface area (Å²) in [5.74, 6) is 0. The van der Waals surface area contributed by atoms with Crippen LogP contribution in [0.3, 0.4) is 0 Å². The van der Waals surface area contributed by atoms with Crippen molar-refractivity contribution >= 4 is 21.6 Å². The number of rotatable bonds is 2. The van der Waals surface area contributed by atoms with E-state index in [0.29, 0.717) is 11.3 Å². The molecule has 1 aliphatic rings. The van der Waals surface area contributed by atoms with E-state index in [0.717, 1.165) is 9.48 Å². The van der Waals surface area contributed by atoms with Crippen LogP contribution in [0.1, 0.15) is 5.56 Å². The molecule has 80 valence electrons. The zero-order valence-corrected chi connectivity index (χ0v) is 9.13. The summed E-state index contributed by atoms with van der Waals surface area (Å²) in [5.41, 5.74) is 6.01. The van der Waals surface area contributed by atoms with Gasteiger partial charge in [-0.25, -0.2) is 5.01 Å². The van der Waals surface area contributed by atoms with E-state index >= 15 is 0 Å². The summed E-state index contributed by atoms with van der Waals surface area (Å²) in [7, 11) is 0. The maximum Gasteiger partial charge on any atom is 0.329 e. The molecule has 2 N–H and O–H groups in total. The zero-order chi connectivity index (χ0) is 10.8. The number of hydrogen-bond donors (Lipinski definition) is 2. The molecule has 0 atom stereocenters. The Bertz CT molecular complexity index is 395. The molecule has 0 aliphatic carbocycles. The van der Waals surface area contributed by atoms with Crippen molar-refractivity contribution in [1.82, 2.24) is 16.0 Å². The molecule has 1 aromatic carbocycles. The summed E-state index contributed by atoms with van der Waals surface area (Å²) in [4.78, 5) is 0. The van der Waals surface area contributed by atoms with Gasteiger partial charge in [-0.05, 0) is 12.1 Å².